The molecule has 0 saturated heterocycles. The second-order valence-electron chi connectivity index (χ2n) is 6.26. The number of nitrogens with two attached hydrogens (primary N) is 1. The number of carbonyl (C=O) groups is 1. The van der Waals surface area contributed by atoms with Gasteiger partial charge in [-0.2, -0.15) is 5.06 Å². The largest absolute Gasteiger partial charge is 0.367 e. The summed E-state index contributed by atoms with van der Waals surface area (Å²) < 4.78 is 0. The van der Waals surface area contributed by atoms with E-state index in [-0.39, 0.29) is 0 Å². The maximum absolute atomic E-state index is 11.1. The van der Waals surface area contributed by atoms with Crippen LogP contribution in [0.2, 0.25) is 0 Å². The van der Waals surface area contributed by atoms with Gasteiger partial charge in [0, 0.05) is 18.8 Å². The lowest BCUT2D eigenvalue weighted by Crippen LogP contribution is -2.35. The van der Waals surface area contributed by atoms with E-state index in [0.717, 1.165) is 31.5 Å². The number of aryl methyl sites for hydroxylation is 1. The van der Waals surface area contributed by atoms with E-state index < -0.39 is 12.1 Å². The summed E-state index contributed by atoms with van der Waals surface area (Å²) in [7, 11) is 0. The molecular weight excluding hydrogens is 302 g/mol. The van der Waals surface area contributed by atoms with E-state index in [9.17, 15) is 10.0 Å². The molecule has 3 rings (SSSR count). The Balaban J connectivity index is 1.83. The van der Waals surface area contributed by atoms with Crippen LogP contribution in [0.15, 0.2) is 48.5 Å². The molecule has 1 atom stereocenters. The van der Waals surface area contributed by atoms with Gasteiger partial charge in [-0.25, -0.2) is 4.79 Å². The molecule has 2 aromatic rings. The summed E-state index contributed by atoms with van der Waals surface area (Å²) in [5, 5.41) is 10.3. The SMILES string of the molecule is CC(c1ccc2c(c1)CCCN2Cc1ccccc1)N(O)C(N)=O. The number of primary amides is 1. The molecule has 2 amide bonds. The van der Waals surface area contributed by atoms with Gasteiger partial charge in [0.1, 0.15) is 0 Å². The van der Waals surface area contributed by atoms with Crippen LogP contribution in [0, 0.1) is 0 Å². The third kappa shape index (κ3) is 3.36. The number of anilines is 1. The van der Waals surface area contributed by atoms with Crippen LogP contribution in [0.25, 0.3) is 0 Å². The molecule has 5 heteroatoms. The Hall–Kier alpha value is -2.53. The Bertz CT molecular complexity index is 718. The van der Waals surface area contributed by atoms with Crippen LogP contribution in [0.3, 0.4) is 0 Å². The van der Waals surface area contributed by atoms with Gasteiger partial charge < -0.3 is 10.6 Å². The van der Waals surface area contributed by atoms with Crippen molar-refractivity contribution in [2.24, 2.45) is 5.73 Å². The first-order chi connectivity index (χ1) is 11.6. The van der Waals surface area contributed by atoms with Crippen molar-refractivity contribution in [2.45, 2.75) is 32.4 Å². The fraction of sp³-hybridized carbons (Fsp3) is 0.316. The van der Waals surface area contributed by atoms with E-state index in [1.54, 1.807) is 6.92 Å². The summed E-state index contributed by atoms with van der Waals surface area (Å²) in [6.45, 7) is 3.68. The summed E-state index contributed by atoms with van der Waals surface area (Å²) in [6, 6.07) is 15.2. The van der Waals surface area contributed by atoms with Crippen molar-refractivity contribution in [2.75, 3.05) is 11.4 Å². The van der Waals surface area contributed by atoms with Crippen molar-refractivity contribution in [1.29, 1.82) is 0 Å². The summed E-state index contributed by atoms with van der Waals surface area (Å²) in [4.78, 5) is 13.5. The van der Waals surface area contributed by atoms with Crippen LogP contribution >= 0.6 is 0 Å². The number of nitrogens with zero attached hydrogens (tertiary/aromatic N) is 2. The third-order valence-electron chi connectivity index (χ3n) is 4.61. The normalized spacial score (nSPS) is 14.8. The van der Waals surface area contributed by atoms with Crippen LogP contribution in [0.4, 0.5) is 10.5 Å². The number of hydrogen-bond donors (Lipinski definition) is 2. The van der Waals surface area contributed by atoms with Crippen LogP contribution in [0.5, 0.6) is 0 Å². The third-order valence-corrected chi connectivity index (χ3v) is 4.61. The van der Waals surface area contributed by atoms with Crippen molar-refractivity contribution >= 4 is 11.7 Å². The number of hydroxylamine groups is 2. The second kappa shape index (κ2) is 6.93. The highest BCUT2D eigenvalue weighted by atomic mass is 16.5. The smallest absolute Gasteiger partial charge is 0.339 e. The number of fused-ring (bicyclic) bond motifs is 1. The number of urea groups is 1. The van der Waals surface area contributed by atoms with Gasteiger partial charge in [-0.3, -0.25) is 5.21 Å². The zero-order chi connectivity index (χ0) is 17.1. The average Bonchev–Trinajstić information content (AvgIpc) is 2.61. The first-order valence-corrected chi connectivity index (χ1v) is 8.25. The van der Waals surface area contributed by atoms with E-state index in [4.69, 9.17) is 5.73 Å². The van der Waals surface area contributed by atoms with E-state index >= 15 is 0 Å². The quantitative estimate of drug-likeness (QED) is 0.668. The average molecular weight is 325 g/mol. The Morgan fingerprint density at radius 2 is 2.04 bits per heavy atom. The van der Waals surface area contributed by atoms with Gasteiger partial charge in [0.25, 0.3) is 0 Å². The van der Waals surface area contributed by atoms with Crippen LogP contribution < -0.4 is 10.6 Å². The Morgan fingerprint density at radius 3 is 2.75 bits per heavy atom. The monoisotopic (exact) mass is 325 g/mol. The molecule has 3 N–H and O–H groups in total. The van der Waals surface area contributed by atoms with E-state index in [1.165, 1.54) is 16.8 Å². The Morgan fingerprint density at radius 1 is 1.29 bits per heavy atom. The second-order valence-corrected chi connectivity index (χ2v) is 6.26. The van der Waals surface area contributed by atoms with Crippen LogP contribution in [-0.4, -0.2) is 22.8 Å². The molecule has 1 unspecified atom stereocenters. The predicted molar refractivity (Wildman–Crippen MR) is 93.9 cm³/mol. The predicted octanol–water partition coefficient (Wildman–Crippen LogP) is 3.47. The van der Waals surface area contributed by atoms with E-state index in [1.807, 2.05) is 12.1 Å². The van der Waals surface area contributed by atoms with Gasteiger partial charge in [-0.15, -0.1) is 0 Å². The first-order valence-electron chi connectivity index (χ1n) is 8.25. The van der Waals surface area contributed by atoms with Crippen LogP contribution in [-0.2, 0) is 13.0 Å². The van der Waals surface area contributed by atoms with E-state index in [2.05, 4.69) is 41.3 Å². The van der Waals surface area contributed by atoms with E-state index in [0.29, 0.717) is 5.06 Å². The number of benzene rings is 2. The fourth-order valence-corrected chi connectivity index (χ4v) is 3.25. The highest BCUT2D eigenvalue weighted by Crippen LogP contribution is 2.31. The Kier molecular flexibility index (Phi) is 4.71. The zero-order valence-corrected chi connectivity index (χ0v) is 13.9. The topological polar surface area (TPSA) is 69.8 Å². The molecule has 2 aromatic carbocycles. The van der Waals surface area contributed by atoms with Crippen molar-refractivity contribution in [3.63, 3.8) is 0 Å². The lowest BCUT2D eigenvalue weighted by atomic mass is 9.96. The highest BCUT2D eigenvalue weighted by Gasteiger charge is 2.21. The lowest BCUT2D eigenvalue weighted by Gasteiger charge is -2.32. The highest BCUT2D eigenvalue weighted by molar-refractivity contribution is 5.71. The molecule has 0 spiro atoms. The molecule has 1 aliphatic heterocycles. The summed E-state index contributed by atoms with van der Waals surface area (Å²) >= 11 is 0. The molecule has 0 aromatic heterocycles. The number of hydrogen-bond acceptors (Lipinski definition) is 3. The summed E-state index contributed by atoms with van der Waals surface area (Å²) in [6.07, 6.45) is 2.10. The molecule has 1 heterocycles. The van der Waals surface area contributed by atoms with Gasteiger partial charge in [0.15, 0.2) is 0 Å². The molecule has 24 heavy (non-hydrogen) atoms. The molecule has 0 saturated carbocycles. The van der Waals surface area contributed by atoms with Gasteiger partial charge >= 0.3 is 6.03 Å². The van der Waals surface area contributed by atoms with Gasteiger partial charge in [0.2, 0.25) is 0 Å². The van der Waals surface area contributed by atoms with Crippen molar-refractivity contribution in [1.82, 2.24) is 5.06 Å². The molecule has 1 aliphatic rings. The van der Waals surface area contributed by atoms with Crippen molar-refractivity contribution < 1.29 is 10.0 Å². The standard InChI is InChI=1S/C19H23N3O2/c1-14(22(24)19(20)23)16-9-10-18-17(12-16)8-5-11-21(18)13-15-6-3-2-4-7-15/h2-4,6-7,9-10,12,14,24H,5,8,11,13H2,1H3,(H2,20,23). The minimum Gasteiger partial charge on any atom is -0.367 e. The van der Waals surface area contributed by atoms with Crippen molar-refractivity contribution in [3.05, 3.63) is 65.2 Å². The maximum Gasteiger partial charge on any atom is 0.339 e. The minimum atomic E-state index is -0.842. The molecule has 0 fully saturated rings. The summed E-state index contributed by atoms with van der Waals surface area (Å²) in [5.41, 5.74) is 9.80. The molecule has 0 radical (unpaired) electrons. The molecule has 0 aliphatic carbocycles. The number of amides is 2. The summed E-state index contributed by atoms with van der Waals surface area (Å²) in [5.74, 6) is 0. The molecule has 126 valence electrons. The fourth-order valence-electron chi connectivity index (χ4n) is 3.25. The Labute approximate surface area is 142 Å². The lowest BCUT2D eigenvalue weighted by molar-refractivity contribution is -0.0710. The van der Waals surface area contributed by atoms with Crippen LogP contribution in [0.1, 0.15) is 36.1 Å². The van der Waals surface area contributed by atoms with Gasteiger partial charge in [0.05, 0.1) is 6.04 Å². The maximum atomic E-state index is 11.1. The minimum absolute atomic E-state index is 0.461. The van der Waals surface area contributed by atoms with Crippen molar-refractivity contribution in [3.8, 4) is 0 Å². The molecule has 5 nitrogen and oxygen atoms in total. The van der Waals surface area contributed by atoms with Gasteiger partial charge in [-0.1, -0.05) is 42.5 Å². The molecule has 0 bridgehead atoms. The van der Waals surface area contributed by atoms with Gasteiger partial charge in [-0.05, 0) is 42.5 Å². The zero-order valence-electron chi connectivity index (χ0n) is 13.9. The molecular formula is C19H23N3O2. The number of carbonyl (C=O) groups excluding carboxylic acids is 1. The first kappa shape index (κ1) is 16.3. The number of rotatable bonds is 4.